The summed E-state index contributed by atoms with van der Waals surface area (Å²) in [7, 11) is 0. The highest BCUT2D eigenvalue weighted by Gasteiger charge is 2.08. The number of rotatable bonds is 5. The fraction of sp³-hybridized carbons (Fsp3) is 0.387. The molecule has 2 aromatic carbocycles. The maximum absolute atomic E-state index is 11.5. The molecule has 0 spiro atoms. The number of nitrogens with one attached hydrogen (secondary N) is 1. The third-order valence-electron chi connectivity index (χ3n) is 4.98. The van der Waals surface area contributed by atoms with Crippen molar-refractivity contribution in [3.63, 3.8) is 0 Å². The van der Waals surface area contributed by atoms with Gasteiger partial charge in [0, 0.05) is 23.7 Å². The minimum absolute atomic E-state index is 0.00463. The Labute approximate surface area is 217 Å². The van der Waals surface area contributed by atoms with Gasteiger partial charge >= 0.3 is 5.97 Å². The summed E-state index contributed by atoms with van der Waals surface area (Å²) in [6, 6.07) is 19.9. The van der Waals surface area contributed by atoms with E-state index in [1.165, 1.54) is 11.1 Å². The van der Waals surface area contributed by atoms with Crippen molar-refractivity contribution in [2.75, 3.05) is 0 Å². The summed E-state index contributed by atoms with van der Waals surface area (Å²) >= 11 is 0. The van der Waals surface area contributed by atoms with Crippen LogP contribution in [0.25, 0.3) is 0 Å². The summed E-state index contributed by atoms with van der Waals surface area (Å²) < 4.78 is 7.22. The van der Waals surface area contributed by atoms with E-state index < -0.39 is 0 Å². The number of hydrogen-bond acceptors (Lipinski definition) is 3. The predicted octanol–water partition coefficient (Wildman–Crippen LogP) is 6.56. The third-order valence-corrected chi connectivity index (χ3v) is 4.98. The summed E-state index contributed by atoms with van der Waals surface area (Å²) in [5, 5.41) is 2.84. The van der Waals surface area contributed by atoms with Crippen LogP contribution < -0.4 is 9.88 Å². The van der Waals surface area contributed by atoms with E-state index in [0.29, 0.717) is 11.6 Å². The van der Waals surface area contributed by atoms with Crippen LogP contribution in [-0.4, -0.2) is 24.0 Å². The van der Waals surface area contributed by atoms with E-state index in [9.17, 15) is 9.59 Å². The molecule has 1 N–H and O–H groups in total. The molecule has 0 bridgehead atoms. The molecule has 0 fully saturated rings. The minimum atomic E-state index is -0.255. The van der Waals surface area contributed by atoms with Gasteiger partial charge in [0.05, 0.1) is 11.7 Å². The molecule has 1 amide bonds. The molecule has 0 aliphatic heterocycles. The van der Waals surface area contributed by atoms with Crippen LogP contribution in [0.1, 0.15) is 85.0 Å². The standard InChI is InChI=1S/C11H15NO.C11H14O2.C9H14N/c1-8(2)12-11(13)10-6-4-9(3)5-7-10;1-8(2)13-11(12)10-6-4-9(3)5-7-10;1-8(2)10-6-4-9(3)5-7-10/h4-8H,1-3H3,(H,12,13);4-8H,1-3H3;4-8H,1-3H3/q;;+1. The fourth-order valence-electron chi connectivity index (χ4n) is 2.88. The molecule has 3 aromatic rings. The molecule has 1 aromatic heterocycles. The average Bonchev–Trinajstić information content (AvgIpc) is 2.80. The van der Waals surface area contributed by atoms with Gasteiger partial charge in [0.2, 0.25) is 0 Å². The first-order valence-corrected chi connectivity index (χ1v) is 12.5. The number of esters is 1. The number of benzene rings is 2. The van der Waals surface area contributed by atoms with Gasteiger partial charge in [-0.05, 0) is 92.1 Å². The van der Waals surface area contributed by atoms with Crippen molar-refractivity contribution in [2.24, 2.45) is 0 Å². The number of nitrogens with zero attached hydrogens (tertiary/aromatic N) is 1. The van der Waals surface area contributed by atoms with Gasteiger partial charge < -0.3 is 10.1 Å². The van der Waals surface area contributed by atoms with Gasteiger partial charge in [0.1, 0.15) is 0 Å². The molecular formula is C31H43N2O3+. The molecule has 0 unspecified atom stereocenters. The molecule has 0 saturated heterocycles. The molecule has 5 heteroatoms. The number of amides is 1. The first kappa shape index (κ1) is 30.6. The Morgan fingerprint density at radius 3 is 1.47 bits per heavy atom. The second kappa shape index (κ2) is 15.5. The van der Waals surface area contributed by atoms with Crippen molar-refractivity contribution in [1.29, 1.82) is 0 Å². The van der Waals surface area contributed by atoms with Crippen molar-refractivity contribution in [3.8, 4) is 0 Å². The van der Waals surface area contributed by atoms with Crippen LogP contribution in [0.5, 0.6) is 0 Å². The lowest BCUT2D eigenvalue weighted by molar-refractivity contribution is -0.716. The molecular weight excluding hydrogens is 448 g/mol. The largest absolute Gasteiger partial charge is 0.459 e. The Morgan fingerprint density at radius 1 is 0.667 bits per heavy atom. The Bertz CT molecular complexity index is 989. The summed E-state index contributed by atoms with van der Waals surface area (Å²) in [6.07, 6.45) is 4.16. The average molecular weight is 492 g/mol. The third kappa shape index (κ3) is 12.3. The number of aryl methyl sites for hydroxylation is 3. The van der Waals surface area contributed by atoms with Gasteiger partial charge in [0.25, 0.3) is 5.91 Å². The molecule has 0 aliphatic carbocycles. The summed E-state index contributed by atoms with van der Waals surface area (Å²) in [4.78, 5) is 22.8. The van der Waals surface area contributed by atoms with Crippen LogP contribution in [-0.2, 0) is 4.74 Å². The molecule has 0 aliphatic rings. The number of ether oxygens (including phenoxy) is 1. The molecule has 0 atom stereocenters. The summed E-state index contributed by atoms with van der Waals surface area (Å²) in [5.74, 6) is -0.259. The Morgan fingerprint density at radius 2 is 1.08 bits per heavy atom. The van der Waals surface area contributed by atoms with Gasteiger partial charge in [-0.25, -0.2) is 9.36 Å². The van der Waals surface area contributed by atoms with Crippen molar-refractivity contribution in [2.45, 2.75) is 80.5 Å². The first-order chi connectivity index (χ1) is 16.9. The zero-order chi connectivity index (χ0) is 27.3. The normalized spacial score (nSPS) is 10.2. The monoisotopic (exact) mass is 491 g/mol. The molecule has 3 rings (SSSR count). The van der Waals surface area contributed by atoms with Crippen LogP contribution in [0.4, 0.5) is 0 Å². The van der Waals surface area contributed by atoms with Gasteiger partial charge in [-0.15, -0.1) is 0 Å². The number of aromatic nitrogens is 1. The molecule has 36 heavy (non-hydrogen) atoms. The zero-order valence-electron chi connectivity index (χ0n) is 23.3. The van der Waals surface area contributed by atoms with Crippen LogP contribution in [0, 0.1) is 20.8 Å². The quantitative estimate of drug-likeness (QED) is 0.325. The van der Waals surface area contributed by atoms with Crippen LogP contribution in [0.3, 0.4) is 0 Å². The maximum Gasteiger partial charge on any atom is 0.338 e. The van der Waals surface area contributed by atoms with E-state index in [1.807, 2.05) is 77.9 Å². The van der Waals surface area contributed by atoms with E-state index in [4.69, 9.17) is 4.74 Å². The Balaban J connectivity index is 0.000000273. The number of hydrogen-bond donors (Lipinski definition) is 1. The van der Waals surface area contributed by atoms with Gasteiger partial charge in [-0.3, -0.25) is 4.79 Å². The molecule has 1 heterocycles. The number of pyridine rings is 1. The zero-order valence-corrected chi connectivity index (χ0v) is 23.3. The van der Waals surface area contributed by atoms with E-state index in [2.05, 4.69) is 55.2 Å². The topological polar surface area (TPSA) is 59.3 Å². The van der Waals surface area contributed by atoms with Crippen LogP contribution in [0.2, 0.25) is 0 Å². The van der Waals surface area contributed by atoms with Crippen molar-refractivity contribution < 1.29 is 18.9 Å². The highest BCUT2D eigenvalue weighted by molar-refractivity contribution is 5.94. The fourth-order valence-corrected chi connectivity index (χ4v) is 2.88. The lowest BCUT2D eigenvalue weighted by Gasteiger charge is -2.07. The highest BCUT2D eigenvalue weighted by atomic mass is 16.5. The van der Waals surface area contributed by atoms with Crippen molar-refractivity contribution >= 4 is 11.9 Å². The molecule has 0 radical (unpaired) electrons. The highest BCUT2D eigenvalue weighted by Crippen LogP contribution is 2.06. The molecule has 0 saturated carbocycles. The van der Waals surface area contributed by atoms with E-state index in [-0.39, 0.29) is 24.0 Å². The lowest BCUT2D eigenvalue weighted by atomic mass is 10.1. The smallest absolute Gasteiger partial charge is 0.338 e. The van der Waals surface area contributed by atoms with E-state index in [0.717, 1.165) is 11.1 Å². The minimum Gasteiger partial charge on any atom is -0.459 e. The number of carbonyl (C=O) groups excluding carboxylic acids is 2. The summed E-state index contributed by atoms with van der Waals surface area (Å²) in [6.45, 7) is 18.0. The van der Waals surface area contributed by atoms with E-state index in [1.54, 1.807) is 12.1 Å². The van der Waals surface area contributed by atoms with Crippen LogP contribution in [0.15, 0.2) is 73.1 Å². The first-order valence-electron chi connectivity index (χ1n) is 12.5. The van der Waals surface area contributed by atoms with E-state index >= 15 is 0 Å². The number of carbonyl (C=O) groups is 2. The van der Waals surface area contributed by atoms with Gasteiger partial charge in [0.15, 0.2) is 18.4 Å². The predicted molar refractivity (Wildman–Crippen MR) is 147 cm³/mol. The van der Waals surface area contributed by atoms with Crippen LogP contribution >= 0.6 is 0 Å². The molecule has 194 valence electrons. The maximum atomic E-state index is 11.5. The summed E-state index contributed by atoms with van der Waals surface area (Å²) in [5.41, 5.74) is 4.96. The Hall–Kier alpha value is -3.47. The lowest BCUT2D eigenvalue weighted by Crippen LogP contribution is -2.34. The second-order valence-corrected chi connectivity index (χ2v) is 9.73. The van der Waals surface area contributed by atoms with Crippen molar-refractivity contribution in [1.82, 2.24) is 5.32 Å². The molecule has 5 nitrogen and oxygen atoms in total. The Kier molecular flexibility index (Phi) is 13.2. The SMILES string of the molecule is Cc1cc[n+](C(C)C)cc1.Cc1ccc(C(=O)NC(C)C)cc1.Cc1ccc(C(=O)OC(C)C)cc1. The van der Waals surface area contributed by atoms with Gasteiger partial charge in [-0.2, -0.15) is 0 Å². The van der Waals surface area contributed by atoms with Gasteiger partial charge in [-0.1, -0.05) is 35.4 Å². The second-order valence-electron chi connectivity index (χ2n) is 9.73. The van der Waals surface area contributed by atoms with Crippen molar-refractivity contribution in [3.05, 3.63) is 101 Å².